The molecular weight excluding hydrogens is 252 g/mol. The van der Waals surface area contributed by atoms with E-state index in [9.17, 15) is 0 Å². The average Bonchev–Trinajstić information content (AvgIpc) is 2.87. The Morgan fingerprint density at radius 3 is 2.80 bits per heavy atom. The molecule has 0 aliphatic carbocycles. The van der Waals surface area contributed by atoms with Crippen molar-refractivity contribution in [3.8, 4) is 11.5 Å². The number of aromatic nitrogens is 3. The third-order valence-corrected chi connectivity index (χ3v) is 3.30. The summed E-state index contributed by atoms with van der Waals surface area (Å²) in [6.07, 6.45) is 4.85. The molecule has 2 aromatic rings. The fraction of sp³-hybridized carbons (Fsp3) is 0.533. The van der Waals surface area contributed by atoms with Gasteiger partial charge in [0.1, 0.15) is 5.69 Å². The van der Waals surface area contributed by atoms with Crippen molar-refractivity contribution < 1.29 is 4.52 Å². The Bertz CT molecular complexity index is 550. The summed E-state index contributed by atoms with van der Waals surface area (Å²) in [6.45, 7) is 6.14. The maximum absolute atomic E-state index is 5.75. The largest absolute Gasteiger partial charge is 0.339 e. The molecule has 2 unspecified atom stereocenters. The van der Waals surface area contributed by atoms with Gasteiger partial charge in [-0.25, -0.2) is 0 Å². The van der Waals surface area contributed by atoms with Gasteiger partial charge in [0.25, 0.3) is 0 Å². The number of nitrogens with two attached hydrogens (primary N) is 1. The smallest absolute Gasteiger partial charge is 0.229 e. The predicted molar refractivity (Wildman–Crippen MR) is 78.2 cm³/mol. The summed E-state index contributed by atoms with van der Waals surface area (Å²) in [5.74, 6) is 1.48. The number of aryl methyl sites for hydroxylation is 1. The summed E-state index contributed by atoms with van der Waals surface area (Å²) in [5, 5.41) is 4.02. The molecule has 20 heavy (non-hydrogen) atoms. The third kappa shape index (κ3) is 3.87. The first-order valence-corrected chi connectivity index (χ1v) is 7.08. The lowest BCUT2D eigenvalue weighted by Gasteiger charge is -2.07. The molecule has 5 nitrogen and oxygen atoms in total. The fourth-order valence-corrected chi connectivity index (χ4v) is 2.07. The van der Waals surface area contributed by atoms with Gasteiger partial charge in [-0.3, -0.25) is 4.98 Å². The molecule has 2 rings (SSSR count). The molecule has 0 spiro atoms. The Morgan fingerprint density at radius 1 is 1.30 bits per heavy atom. The Hall–Kier alpha value is -1.75. The van der Waals surface area contributed by atoms with E-state index in [0.29, 0.717) is 11.7 Å². The molecule has 0 saturated heterocycles. The second-order valence-corrected chi connectivity index (χ2v) is 5.48. The predicted octanol–water partition coefficient (Wildman–Crippen LogP) is 3.06. The van der Waals surface area contributed by atoms with Crippen LogP contribution in [0.5, 0.6) is 0 Å². The van der Waals surface area contributed by atoms with Crippen LogP contribution in [0.15, 0.2) is 22.9 Å². The Morgan fingerprint density at radius 2 is 2.10 bits per heavy atom. The van der Waals surface area contributed by atoms with Gasteiger partial charge in [-0.1, -0.05) is 18.5 Å². The molecule has 5 heteroatoms. The maximum Gasteiger partial charge on any atom is 0.229 e. The standard InChI is InChI=1S/C15H22N4O/c1-10-7-8-17-13(9-10)14-18-15(20-19-14)11(2)5-4-6-12(3)16/h7-9,11-12H,4-6,16H2,1-3H3. The van der Waals surface area contributed by atoms with Crippen molar-refractivity contribution in [3.63, 3.8) is 0 Å². The Balaban J connectivity index is 2.01. The van der Waals surface area contributed by atoms with Gasteiger partial charge in [-0.05, 0) is 44.4 Å². The molecule has 0 aliphatic heterocycles. The zero-order valence-electron chi connectivity index (χ0n) is 12.3. The molecule has 0 amide bonds. The highest BCUT2D eigenvalue weighted by Gasteiger charge is 2.15. The highest BCUT2D eigenvalue weighted by Crippen LogP contribution is 2.22. The highest BCUT2D eigenvalue weighted by molar-refractivity contribution is 5.48. The first kappa shape index (κ1) is 14.7. The highest BCUT2D eigenvalue weighted by atomic mass is 16.5. The SMILES string of the molecule is Cc1ccnc(-c2noc(C(C)CCCC(C)N)n2)c1. The van der Waals surface area contributed by atoms with Gasteiger partial charge in [-0.15, -0.1) is 0 Å². The molecule has 108 valence electrons. The normalized spacial score (nSPS) is 14.2. The van der Waals surface area contributed by atoms with Gasteiger partial charge >= 0.3 is 0 Å². The average molecular weight is 274 g/mol. The van der Waals surface area contributed by atoms with Crippen LogP contribution in [0.3, 0.4) is 0 Å². The van der Waals surface area contributed by atoms with Crippen molar-refractivity contribution in [2.45, 2.75) is 52.0 Å². The minimum Gasteiger partial charge on any atom is -0.339 e. The summed E-state index contributed by atoms with van der Waals surface area (Å²) < 4.78 is 5.35. The lowest BCUT2D eigenvalue weighted by atomic mass is 10.0. The molecule has 0 bridgehead atoms. The number of nitrogens with zero attached hydrogens (tertiary/aromatic N) is 3. The monoisotopic (exact) mass is 274 g/mol. The van der Waals surface area contributed by atoms with Crippen molar-refractivity contribution in [2.24, 2.45) is 5.73 Å². The van der Waals surface area contributed by atoms with Gasteiger partial charge in [0.05, 0.1) is 0 Å². The van der Waals surface area contributed by atoms with Crippen molar-refractivity contribution >= 4 is 0 Å². The molecule has 2 aromatic heterocycles. The zero-order valence-corrected chi connectivity index (χ0v) is 12.3. The molecule has 0 radical (unpaired) electrons. The Labute approximate surface area is 119 Å². The lowest BCUT2D eigenvalue weighted by molar-refractivity contribution is 0.349. The first-order valence-electron chi connectivity index (χ1n) is 7.08. The summed E-state index contributed by atoms with van der Waals surface area (Å²) in [5.41, 5.74) is 7.64. The molecule has 2 atom stereocenters. The van der Waals surface area contributed by atoms with E-state index < -0.39 is 0 Å². The number of rotatable bonds is 6. The molecule has 0 aromatic carbocycles. The van der Waals surface area contributed by atoms with E-state index in [1.165, 1.54) is 0 Å². The minimum atomic E-state index is 0.247. The van der Waals surface area contributed by atoms with Crippen molar-refractivity contribution in [3.05, 3.63) is 29.8 Å². The van der Waals surface area contributed by atoms with E-state index in [1.807, 2.05) is 26.0 Å². The Kier molecular flexibility index (Phi) is 4.84. The summed E-state index contributed by atoms with van der Waals surface area (Å²) >= 11 is 0. The lowest BCUT2D eigenvalue weighted by Crippen LogP contribution is -2.14. The molecule has 0 aliphatic rings. The van der Waals surface area contributed by atoms with Crippen LogP contribution in [0, 0.1) is 6.92 Å². The van der Waals surface area contributed by atoms with Gasteiger partial charge in [0.2, 0.25) is 11.7 Å². The molecule has 2 heterocycles. The molecule has 0 fully saturated rings. The second kappa shape index (κ2) is 6.61. The van der Waals surface area contributed by atoms with E-state index in [-0.39, 0.29) is 12.0 Å². The van der Waals surface area contributed by atoms with Crippen LogP contribution in [0.2, 0.25) is 0 Å². The van der Waals surface area contributed by atoms with E-state index in [2.05, 4.69) is 22.0 Å². The summed E-state index contributed by atoms with van der Waals surface area (Å²) in [6, 6.07) is 4.15. The summed E-state index contributed by atoms with van der Waals surface area (Å²) in [4.78, 5) is 8.71. The van der Waals surface area contributed by atoms with Crippen LogP contribution >= 0.6 is 0 Å². The van der Waals surface area contributed by atoms with Gasteiger partial charge in [0, 0.05) is 18.2 Å². The van der Waals surface area contributed by atoms with Crippen LogP contribution < -0.4 is 5.73 Å². The molecule has 0 saturated carbocycles. The zero-order chi connectivity index (χ0) is 14.5. The molecule has 2 N–H and O–H groups in total. The van der Waals surface area contributed by atoms with Crippen molar-refractivity contribution in [1.29, 1.82) is 0 Å². The van der Waals surface area contributed by atoms with Crippen molar-refractivity contribution in [1.82, 2.24) is 15.1 Å². The van der Waals surface area contributed by atoms with Crippen LogP contribution in [0.4, 0.5) is 0 Å². The van der Waals surface area contributed by atoms with Crippen LogP contribution in [-0.4, -0.2) is 21.2 Å². The van der Waals surface area contributed by atoms with E-state index in [4.69, 9.17) is 10.3 Å². The summed E-state index contributed by atoms with van der Waals surface area (Å²) in [7, 11) is 0. The third-order valence-electron chi connectivity index (χ3n) is 3.30. The number of hydrogen-bond acceptors (Lipinski definition) is 5. The maximum atomic E-state index is 5.75. The van der Waals surface area contributed by atoms with E-state index in [1.54, 1.807) is 6.20 Å². The number of pyridine rings is 1. The van der Waals surface area contributed by atoms with Crippen LogP contribution in [-0.2, 0) is 0 Å². The minimum absolute atomic E-state index is 0.247. The van der Waals surface area contributed by atoms with Crippen LogP contribution in [0.1, 0.15) is 50.5 Å². The first-order chi connectivity index (χ1) is 9.56. The number of hydrogen-bond donors (Lipinski definition) is 1. The fourth-order valence-electron chi connectivity index (χ4n) is 2.07. The van der Waals surface area contributed by atoms with Crippen LogP contribution in [0.25, 0.3) is 11.5 Å². The molecular formula is C15H22N4O. The van der Waals surface area contributed by atoms with Gasteiger partial charge in [0.15, 0.2) is 0 Å². The van der Waals surface area contributed by atoms with Gasteiger partial charge in [-0.2, -0.15) is 4.98 Å². The van der Waals surface area contributed by atoms with E-state index in [0.717, 1.165) is 30.5 Å². The van der Waals surface area contributed by atoms with E-state index >= 15 is 0 Å². The quantitative estimate of drug-likeness (QED) is 0.875. The second-order valence-electron chi connectivity index (χ2n) is 5.48. The van der Waals surface area contributed by atoms with Gasteiger partial charge < -0.3 is 10.3 Å². The van der Waals surface area contributed by atoms with Crippen molar-refractivity contribution in [2.75, 3.05) is 0 Å². The topological polar surface area (TPSA) is 77.8 Å².